The van der Waals surface area contributed by atoms with E-state index >= 15 is 0 Å². The van der Waals surface area contributed by atoms with Gasteiger partial charge in [0.25, 0.3) is 0 Å². The molecule has 0 nitrogen and oxygen atoms in total. The molecule has 0 amide bonds. The van der Waals surface area contributed by atoms with E-state index < -0.39 is 0 Å². The van der Waals surface area contributed by atoms with Crippen LogP contribution in [0.4, 0.5) is 0 Å². The predicted octanol–water partition coefficient (Wildman–Crippen LogP) is 5.19. The quantitative estimate of drug-likeness (QED) is 0.695. The highest BCUT2D eigenvalue weighted by molar-refractivity contribution is 5.80. The second-order valence-corrected chi connectivity index (χ2v) is 5.74. The molecule has 0 N–H and O–H groups in total. The van der Waals surface area contributed by atoms with Crippen LogP contribution >= 0.6 is 0 Å². The highest BCUT2D eigenvalue weighted by Gasteiger charge is 2.43. The first-order valence-electron chi connectivity index (χ1n) is 7.44. The lowest BCUT2D eigenvalue weighted by molar-refractivity contribution is 1.04. The second-order valence-electron chi connectivity index (χ2n) is 5.74. The Hall–Kier alpha value is -2.08. The molecule has 2 aromatic rings. The van der Waals surface area contributed by atoms with E-state index in [9.17, 15) is 0 Å². The Morgan fingerprint density at radius 2 is 1.05 bits per heavy atom. The van der Waals surface area contributed by atoms with Crippen LogP contribution in [-0.2, 0) is 0 Å². The first-order chi connectivity index (χ1) is 9.93. The lowest BCUT2D eigenvalue weighted by Crippen LogP contribution is -1.91. The maximum atomic E-state index is 2.43. The summed E-state index contributed by atoms with van der Waals surface area (Å²) in [6.07, 6.45) is 7.22. The van der Waals surface area contributed by atoms with Crippen molar-refractivity contribution in [1.82, 2.24) is 0 Å². The molecule has 1 saturated carbocycles. The van der Waals surface area contributed by atoms with Gasteiger partial charge >= 0.3 is 0 Å². The maximum Gasteiger partial charge on any atom is -0.00838 e. The van der Waals surface area contributed by atoms with Crippen molar-refractivity contribution >= 4 is 11.1 Å². The molecule has 0 aromatic heterocycles. The van der Waals surface area contributed by atoms with Gasteiger partial charge in [-0.1, -0.05) is 72.8 Å². The Balaban J connectivity index is 1.64. The highest BCUT2D eigenvalue weighted by Crippen LogP contribution is 2.56. The second kappa shape index (κ2) is 4.79. The largest absolute Gasteiger partial charge is 0.0766 e. The van der Waals surface area contributed by atoms with Crippen LogP contribution in [0.5, 0.6) is 0 Å². The standard InChI is InChI=1S/C20H18/c1-3-8-15(9-4-1)17-12-7-13-18(20-14-19(17)20)16-10-5-2-6-11-16/h1-6,8-13,19-20H,7,14H2. The molecule has 2 aliphatic carbocycles. The third kappa shape index (κ3) is 2.02. The summed E-state index contributed by atoms with van der Waals surface area (Å²) in [5.74, 6) is 1.46. The molecule has 0 saturated heterocycles. The molecular formula is C20H18. The molecule has 2 atom stereocenters. The molecule has 2 unspecified atom stereocenters. The van der Waals surface area contributed by atoms with E-state index in [0.717, 1.165) is 18.3 Å². The molecule has 4 rings (SSSR count). The lowest BCUT2D eigenvalue weighted by Gasteiger charge is -2.07. The van der Waals surface area contributed by atoms with Crippen molar-refractivity contribution in [2.24, 2.45) is 11.8 Å². The van der Waals surface area contributed by atoms with Gasteiger partial charge in [-0.25, -0.2) is 0 Å². The number of benzene rings is 2. The SMILES string of the molecule is C1=C(c2ccccc2)C2CC2C(c2ccccc2)=CC1. The topological polar surface area (TPSA) is 0 Å². The van der Waals surface area contributed by atoms with Crippen LogP contribution in [0, 0.1) is 11.8 Å². The fourth-order valence-corrected chi connectivity index (χ4v) is 3.42. The van der Waals surface area contributed by atoms with Gasteiger partial charge in [-0.2, -0.15) is 0 Å². The first-order valence-corrected chi connectivity index (χ1v) is 7.44. The molecule has 0 heterocycles. The molecular weight excluding hydrogens is 240 g/mol. The Morgan fingerprint density at radius 3 is 1.50 bits per heavy atom. The molecule has 0 spiro atoms. The first kappa shape index (κ1) is 11.7. The third-order valence-electron chi connectivity index (χ3n) is 4.48. The van der Waals surface area contributed by atoms with Crippen molar-refractivity contribution in [2.45, 2.75) is 12.8 Å². The van der Waals surface area contributed by atoms with Crippen LogP contribution < -0.4 is 0 Å². The average Bonchev–Trinajstić information content (AvgIpc) is 3.29. The summed E-state index contributed by atoms with van der Waals surface area (Å²) in [7, 11) is 0. The van der Waals surface area contributed by atoms with Gasteiger partial charge in [-0.15, -0.1) is 0 Å². The van der Waals surface area contributed by atoms with Crippen LogP contribution in [0.1, 0.15) is 24.0 Å². The Labute approximate surface area is 120 Å². The van der Waals surface area contributed by atoms with Gasteiger partial charge in [0, 0.05) is 0 Å². The molecule has 0 aliphatic heterocycles. The van der Waals surface area contributed by atoms with Crippen molar-refractivity contribution < 1.29 is 0 Å². The number of fused-ring (bicyclic) bond motifs is 1. The Kier molecular flexibility index (Phi) is 2.81. The molecule has 0 heteroatoms. The fourth-order valence-electron chi connectivity index (χ4n) is 3.42. The molecule has 98 valence electrons. The van der Waals surface area contributed by atoms with E-state index in [2.05, 4.69) is 72.8 Å². The summed E-state index contributed by atoms with van der Waals surface area (Å²) >= 11 is 0. The van der Waals surface area contributed by atoms with Crippen molar-refractivity contribution in [3.63, 3.8) is 0 Å². The molecule has 0 bridgehead atoms. The van der Waals surface area contributed by atoms with Gasteiger partial charge in [0.1, 0.15) is 0 Å². The third-order valence-corrected chi connectivity index (χ3v) is 4.48. The van der Waals surface area contributed by atoms with E-state index in [0.29, 0.717) is 0 Å². The normalized spacial score (nSPS) is 24.2. The highest BCUT2D eigenvalue weighted by atomic mass is 14.5. The molecule has 2 aliphatic rings. The smallest absolute Gasteiger partial charge is 0.00838 e. The number of allylic oxidation sites excluding steroid dienone is 4. The number of rotatable bonds is 2. The van der Waals surface area contributed by atoms with Gasteiger partial charge in [0.2, 0.25) is 0 Å². The Bertz CT molecular complexity index is 602. The van der Waals surface area contributed by atoms with E-state index in [1.807, 2.05) is 0 Å². The molecule has 20 heavy (non-hydrogen) atoms. The summed E-state index contributed by atoms with van der Waals surface area (Å²) in [6.45, 7) is 0. The zero-order valence-corrected chi connectivity index (χ0v) is 11.5. The Morgan fingerprint density at radius 1 is 0.600 bits per heavy atom. The summed E-state index contributed by atoms with van der Waals surface area (Å²) in [5.41, 5.74) is 5.92. The van der Waals surface area contributed by atoms with Crippen molar-refractivity contribution in [2.75, 3.05) is 0 Å². The van der Waals surface area contributed by atoms with Crippen molar-refractivity contribution in [3.8, 4) is 0 Å². The maximum absolute atomic E-state index is 2.43. The number of hydrogen-bond acceptors (Lipinski definition) is 0. The minimum Gasteiger partial charge on any atom is -0.0766 e. The zero-order chi connectivity index (χ0) is 13.4. The molecule has 1 fully saturated rings. The average molecular weight is 258 g/mol. The van der Waals surface area contributed by atoms with Crippen LogP contribution in [0.15, 0.2) is 72.8 Å². The van der Waals surface area contributed by atoms with Crippen LogP contribution in [-0.4, -0.2) is 0 Å². The summed E-state index contributed by atoms with van der Waals surface area (Å²) < 4.78 is 0. The minimum atomic E-state index is 0.728. The van der Waals surface area contributed by atoms with E-state index in [1.54, 1.807) is 11.1 Å². The van der Waals surface area contributed by atoms with Crippen LogP contribution in [0.25, 0.3) is 11.1 Å². The lowest BCUT2D eigenvalue weighted by atomic mass is 9.97. The predicted molar refractivity (Wildman–Crippen MR) is 85.1 cm³/mol. The van der Waals surface area contributed by atoms with Crippen molar-refractivity contribution in [1.29, 1.82) is 0 Å². The van der Waals surface area contributed by atoms with Gasteiger partial charge in [0.05, 0.1) is 0 Å². The molecule has 2 aromatic carbocycles. The van der Waals surface area contributed by atoms with Gasteiger partial charge in [0.15, 0.2) is 0 Å². The van der Waals surface area contributed by atoms with E-state index in [4.69, 9.17) is 0 Å². The number of hydrogen-bond donors (Lipinski definition) is 0. The fraction of sp³-hybridized carbons (Fsp3) is 0.200. The summed E-state index contributed by atoms with van der Waals surface area (Å²) in [4.78, 5) is 0. The van der Waals surface area contributed by atoms with Gasteiger partial charge < -0.3 is 0 Å². The van der Waals surface area contributed by atoms with Gasteiger partial charge in [-0.05, 0) is 47.0 Å². The van der Waals surface area contributed by atoms with E-state index in [-0.39, 0.29) is 0 Å². The monoisotopic (exact) mass is 258 g/mol. The van der Waals surface area contributed by atoms with Crippen LogP contribution in [0.3, 0.4) is 0 Å². The molecule has 0 radical (unpaired) electrons. The minimum absolute atomic E-state index is 0.728. The van der Waals surface area contributed by atoms with Crippen molar-refractivity contribution in [3.05, 3.63) is 83.9 Å². The zero-order valence-electron chi connectivity index (χ0n) is 11.5. The summed E-state index contributed by atoms with van der Waals surface area (Å²) in [5, 5.41) is 0. The summed E-state index contributed by atoms with van der Waals surface area (Å²) in [6, 6.07) is 21.7. The van der Waals surface area contributed by atoms with E-state index in [1.165, 1.54) is 17.5 Å². The van der Waals surface area contributed by atoms with Gasteiger partial charge in [-0.3, -0.25) is 0 Å². The van der Waals surface area contributed by atoms with Crippen LogP contribution in [0.2, 0.25) is 0 Å².